The zero-order chi connectivity index (χ0) is 17.1. The SMILES string of the molecule is C[C@@H](OC(=O)c1csc2c1CCCC2)C(=O)Nc1ccccc1Cl. The van der Waals surface area contributed by atoms with Gasteiger partial charge >= 0.3 is 5.97 Å². The molecule has 1 atom stereocenters. The Hall–Kier alpha value is -1.85. The Balaban J connectivity index is 1.65. The highest BCUT2D eigenvalue weighted by Gasteiger charge is 2.24. The molecular weight excluding hydrogens is 346 g/mol. The first kappa shape index (κ1) is 17.0. The van der Waals surface area contributed by atoms with Crippen LogP contribution in [-0.4, -0.2) is 18.0 Å². The average molecular weight is 364 g/mol. The van der Waals surface area contributed by atoms with Crippen LogP contribution in [0.5, 0.6) is 0 Å². The fraction of sp³-hybridized carbons (Fsp3) is 0.333. The lowest BCUT2D eigenvalue weighted by Crippen LogP contribution is -2.30. The maximum Gasteiger partial charge on any atom is 0.340 e. The molecule has 1 aromatic carbocycles. The van der Waals surface area contributed by atoms with E-state index in [1.165, 1.54) is 11.3 Å². The van der Waals surface area contributed by atoms with Crippen molar-refractivity contribution < 1.29 is 14.3 Å². The van der Waals surface area contributed by atoms with Gasteiger partial charge in [0.05, 0.1) is 16.3 Å². The van der Waals surface area contributed by atoms with Crippen molar-refractivity contribution in [3.05, 3.63) is 50.7 Å². The first-order chi connectivity index (χ1) is 11.6. The molecule has 1 aliphatic carbocycles. The Morgan fingerprint density at radius 2 is 2.00 bits per heavy atom. The van der Waals surface area contributed by atoms with Crippen LogP contribution in [0.25, 0.3) is 0 Å². The Bertz CT molecular complexity index is 771. The third kappa shape index (κ3) is 3.62. The summed E-state index contributed by atoms with van der Waals surface area (Å²) in [6, 6.07) is 6.94. The number of para-hydroxylation sites is 1. The molecule has 0 radical (unpaired) electrons. The van der Waals surface area contributed by atoms with Crippen LogP contribution in [0.2, 0.25) is 5.02 Å². The van der Waals surface area contributed by atoms with E-state index in [9.17, 15) is 9.59 Å². The number of hydrogen-bond donors (Lipinski definition) is 1. The summed E-state index contributed by atoms with van der Waals surface area (Å²) in [5.74, 6) is -0.836. The molecule has 1 amide bonds. The number of carbonyl (C=O) groups is 2. The summed E-state index contributed by atoms with van der Waals surface area (Å²) in [5, 5.41) is 4.96. The summed E-state index contributed by atoms with van der Waals surface area (Å²) in [5.41, 5.74) is 2.20. The Kier molecular flexibility index (Phi) is 5.21. The summed E-state index contributed by atoms with van der Waals surface area (Å²) in [6.07, 6.45) is 3.29. The number of rotatable bonds is 4. The molecule has 1 N–H and O–H groups in total. The van der Waals surface area contributed by atoms with Crippen molar-refractivity contribution in [3.63, 3.8) is 0 Å². The van der Waals surface area contributed by atoms with Gasteiger partial charge in [-0.05, 0) is 50.3 Å². The highest BCUT2D eigenvalue weighted by Crippen LogP contribution is 2.30. The molecular formula is C18H18ClNO3S. The second-order valence-corrected chi connectivity index (χ2v) is 7.15. The van der Waals surface area contributed by atoms with Gasteiger partial charge < -0.3 is 10.1 Å². The van der Waals surface area contributed by atoms with Gasteiger partial charge in [0, 0.05) is 10.3 Å². The number of carbonyl (C=O) groups excluding carboxylic acids is 2. The molecule has 6 heteroatoms. The van der Waals surface area contributed by atoms with Crippen molar-refractivity contribution in [3.8, 4) is 0 Å². The second kappa shape index (κ2) is 7.36. The number of nitrogens with one attached hydrogen (secondary N) is 1. The van der Waals surface area contributed by atoms with E-state index in [1.54, 1.807) is 42.5 Å². The molecule has 0 aliphatic heterocycles. The molecule has 0 bridgehead atoms. The number of esters is 1. The molecule has 4 nitrogen and oxygen atoms in total. The van der Waals surface area contributed by atoms with Crippen LogP contribution in [0.4, 0.5) is 5.69 Å². The molecule has 0 saturated heterocycles. The maximum atomic E-state index is 12.4. The topological polar surface area (TPSA) is 55.4 Å². The van der Waals surface area contributed by atoms with E-state index >= 15 is 0 Å². The van der Waals surface area contributed by atoms with E-state index in [2.05, 4.69) is 5.32 Å². The van der Waals surface area contributed by atoms with Gasteiger partial charge in [0.2, 0.25) is 0 Å². The minimum Gasteiger partial charge on any atom is -0.449 e. The first-order valence-electron chi connectivity index (χ1n) is 7.92. The molecule has 24 heavy (non-hydrogen) atoms. The van der Waals surface area contributed by atoms with Crippen LogP contribution in [-0.2, 0) is 22.4 Å². The monoisotopic (exact) mass is 363 g/mol. The molecule has 0 fully saturated rings. The Labute approximate surface area is 149 Å². The van der Waals surface area contributed by atoms with Crippen LogP contribution >= 0.6 is 22.9 Å². The number of anilines is 1. The molecule has 126 valence electrons. The third-order valence-electron chi connectivity index (χ3n) is 4.07. The van der Waals surface area contributed by atoms with Gasteiger partial charge in [0.25, 0.3) is 5.91 Å². The van der Waals surface area contributed by atoms with E-state index in [1.807, 2.05) is 5.38 Å². The zero-order valence-electron chi connectivity index (χ0n) is 13.3. The lowest BCUT2D eigenvalue weighted by atomic mass is 9.96. The minimum absolute atomic E-state index is 0.402. The normalized spacial score (nSPS) is 14.6. The van der Waals surface area contributed by atoms with Gasteiger partial charge in [-0.3, -0.25) is 4.79 Å². The predicted octanol–water partition coefficient (Wildman–Crippen LogP) is 4.46. The van der Waals surface area contributed by atoms with Gasteiger partial charge in [-0.25, -0.2) is 4.79 Å². The summed E-state index contributed by atoms with van der Waals surface area (Å²) in [6.45, 7) is 1.56. The zero-order valence-corrected chi connectivity index (χ0v) is 14.9. The number of ether oxygens (including phenoxy) is 1. The number of halogens is 1. The smallest absolute Gasteiger partial charge is 0.340 e. The van der Waals surface area contributed by atoms with E-state index in [4.69, 9.17) is 16.3 Å². The fourth-order valence-corrected chi connectivity index (χ4v) is 4.04. The largest absolute Gasteiger partial charge is 0.449 e. The van der Waals surface area contributed by atoms with Crippen molar-refractivity contribution >= 4 is 40.5 Å². The summed E-state index contributed by atoms with van der Waals surface area (Å²) in [7, 11) is 0. The molecule has 1 heterocycles. The van der Waals surface area contributed by atoms with Crippen LogP contribution in [0.3, 0.4) is 0 Å². The lowest BCUT2D eigenvalue weighted by molar-refractivity contribution is -0.123. The van der Waals surface area contributed by atoms with Crippen LogP contribution in [0.1, 0.15) is 40.6 Å². The number of thiophene rings is 1. The van der Waals surface area contributed by atoms with E-state index in [0.717, 1.165) is 24.8 Å². The van der Waals surface area contributed by atoms with Gasteiger partial charge in [0.15, 0.2) is 6.10 Å². The molecule has 2 aromatic rings. The van der Waals surface area contributed by atoms with Crippen LogP contribution < -0.4 is 5.32 Å². The average Bonchev–Trinajstić information content (AvgIpc) is 3.01. The Morgan fingerprint density at radius 1 is 1.25 bits per heavy atom. The number of fused-ring (bicyclic) bond motifs is 1. The standard InChI is InChI=1S/C18H18ClNO3S/c1-11(17(21)20-15-8-4-3-7-14(15)19)23-18(22)13-10-24-16-9-5-2-6-12(13)16/h3-4,7-8,10-11H,2,5-6,9H2,1H3,(H,20,21)/t11-/m1/s1. The summed E-state index contributed by atoms with van der Waals surface area (Å²) < 4.78 is 5.35. The van der Waals surface area contributed by atoms with Crippen molar-refractivity contribution in [1.29, 1.82) is 0 Å². The van der Waals surface area contributed by atoms with E-state index in [0.29, 0.717) is 16.3 Å². The predicted molar refractivity (Wildman–Crippen MR) is 95.9 cm³/mol. The maximum absolute atomic E-state index is 12.4. The highest BCUT2D eigenvalue weighted by molar-refractivity contribution is 7.10. The quantitative estimate of drug-likeness (QED) is 0.815. The van der Waals surface area contributed by atoms with Gasteiger partial charge in [-0.1, -0.05) is 23.7 Å². The van der Waals surface area contributed by atoms with E-state index in [-0.39, 0.29) is 0 Å². The fourth-order valence-electron chi connectivity index (χ4n) is 2.74. The molecule has 0 saturated carbocycles. The molecule has 1 aromatic heterocycles. The molecule has 0 spiro atoms. The minimum atomic E-state index is -0.895. The van der Waals surface area contributed by atoms with Crippen molar-refractivity contribution in [2.24, 2.45) is 0 Å². The van der Waals surface area contributed by atoms with Crippen molar-refractivity contribution in [2.75, 3.05) is 5.32 Å². The highest BCUT2D eigenvalue weighted by atomic mass is 35.5. The van der Waals surface area contributed by atoms with Crippen LogP contribution in [0.15, 0.2) is 29.6 Å². The van der Waals surface area contributed by atoms with Crippen LogP contribution in [0, 0.1) is 0 Å². The summed E-state index contributed by atoms with van der Waals surface area (Å²) in [4.78, 5) is 25.9. The van der Waals surface area contributed by atoms with E-state index < -0.39 is 18.0 Å². The number of aryl methyl sites for hydroxylation is 1. The third-order valence-corrected chi connectivity index (χ3v) is 5.48. The number of benzene rings is 1. The number of hydrogen-bond acceptors (Lipinski definition) is 4. The van der Waals surface area contributed by atoms with Gasteiger partial charge in [-0.15, -0.1) is 11.3 Å². The molecule has 0 unspecified atom stereocenters. The lowest BCUT2D eigenvalue weighted by Gasteiger charge is -2.16. The first-order valence-corrected chi connectivity index (χ1v) is 9.17. The van der Waals surface area contributed by atoms with Crippen molar-refractivity contribution in [1.82, 2.24) is 0 Å². The van der Waals surface area contributed by atoms with Crippen molar-refractivity contribution in [2.45, 2.75) is 38.7 Å². The molecule has 1 aliphatic rings. The second-order valence-electron chi connectivity index (χ2n) is 5.77. The summed E-state index contributed by atoms with van der Waals surface area (Å²) >= 11 is 7.62. The van der Waals surface area contributed by atoms with Gasteiger partial charge in [0.1, 0.15) is 0 Å². The van der Waals surface area contributed by atoms with Gasteiger partial charge in [-0.2, -0.15) is 0 Å². The number of amides is 1. The molecule has 3 rings (SSSR count). The Morgan fingerprint density at radius 3 is 2.79 bits per heavy atom.